The topological polar surface area (TPSA) is 98.3 Å². The summed E-state index contributed by atoms with van der Waals surface area (Å²) in [6.45, 7) is 4.48. The molecule has 0 saturated carbocycles. The summed E-state index contributed by atoms with van der Waals surface area (Å²) in [5.74, 6) is 0.160. The van der Waals surface area contributed by atoms with Crippen LogP contribution >= 0.6 is 11.6 Å². The van der Waals surface area contributed by atoms with E-state index in [9.17, 15) is 19.7 Å². The van der Waals surface area contributed by atoms with Crippen molar-refractivity contribution in [3.05, 3.63) is 110 Å². The number of carbonyl (C=O) groups is 1. The Morgan fingerprint density at radius 2 is 1.79 bits per heavy atom. The maximum Gasteiger partial charge on any atom is 0.269 e. The number of amides is 1. The standard InChI is InChI=1S/C29H29ClN4O4/c1-3-5-8-18-32(28(35)20-14-16-22(17-15-20)34(37)38)26(4-2)27-31-25-13-7-6-12-24(25)29(36)33(27)23-11-9-10-21(30)19-23/h6-7,9-17,19,26H,3-5,8,18H2,1-2H3. The van der Waals surface area contributed by atoms with Gasteiger partial charge in [-0.1, -0.05) is 56.5 Å². The first-order valence-corrected chi connectivity index (χ1v) is 13.1. The summed E-state index contributed by atoms with van der Waals surface area (Å²) >= 11 is 6.30. The Labute approximate surface area is 225 Å². The van der Waals surface area contributed by atoms with Crippen molar-refractivity contribution < 1.29 is 9.72 Å². The number of non-ortho nitro benzene ring substituents is 1. The van der Waals surface area contributed by atoms with Gasteiger partial charge in [0.2, 0.25) is 0 Å². The number of para-hydroxylation sites is 1. The summed E-state index contributed by atoms with van der Waals surface area (Å²) in [5.41, 5.74) is 1.11. The molecule has 0 spiro atoms. The fourth-order valence-electron chi connectivity index (χ4n) is 4.60. The highest BCUT2D eigenvalue weighted by atomic mass is 35.5. The molecule has 0 fully saturated rings. The second-order valence-electron chi connectivity index (χ2n) is 9.04. The highest BCUT2D eigenvalue weighted by Crippen LogP contribution is 2.29. The first kappa shape index (κ1) is 27.0. The van der Waals surface area contributed by atoms with Crippen molar-refractivity contribution in [3.8, 4) is 5.69 Å². The van der Waals surface area contributed by atoms with Gasteiger partial charge in [0.05, 0.1) is 27.6 Å². The molecule has 0 aliphatic carbocycles. The van der Waals surface area contributed by atoms with Crippen molar-refractivity contribution in [3.63, 3.8) is 0 Å². The van der Waals surface area contributed by atoms with E-state index in [0.717, 1.165) is 19.3 Å². The molecule has 4 rings (SSSR count). The second-order valence-corrected chi connectivity index (χ2v) is 9.48. The number of carbonyl (C=O) groups excluding carboxylic acids is 1. The second kappa shape index (κ2) is 12.0. The van der Waals surface area contributed by atoms with Crippen LogP contribution < -0.4 is 5.56 Å². The van der Waals surface area contributed by atoms with Gasteiger partial charge in [-0.25, -0.2) is 4.98 Å². The summed E-state index contributed by atoms with van der Waals surface area (Å²) in [4.78, 5) is 45.0. The molecule has 4 aromatic rings. The van der Waals surface area contributed by atoms with Gasteiger partial charge in [-0.15, -0.1) is 0 Å². The molecule has 0 aliphatic rings. The third-order valence-electron chi connectivity index (χ3n) is 6.52. The molecule has 0 N–H and O–H groups in total. The molecule has 1 atom stereocenters. The number of nitro groups is 1. The number of unbranched alkanes of at least 4 members (excludes halogenated alkanes) is 2. The number of aromatic nitrogens is 2. The van der Waals surface area contributed by atoms with Gasteiger partial charge in [-0.2, -0.15) is 0 Å². The van der Waals surface area contributed by atoms with E-state index in [-0.39, 0.29) is 17.2 Å². The maximum absolute atomic E-state index is 13.9. The lowest BCUT2D eigenvalue weighted by atomic mass is 10.1. The quantitative estimate of drug-likeness (QED) is 0.128. The van der Waals surface area contributed by atoms with Gasteiger partial charge in [-0.3, -0.25) is 24.3 Å². The van der Waals surface area contributed by atoms with Crippen LogP contribution in [0.4, 0.5) is 5.69 Å². The Morgan fingerprint density at radius 1 is 1.05 bits per heavy atom. The molecule has 196 valence electrons. The van der Waals surface area contributed by atoms with Crippen molar-refractivity contribution >= 4 is 34.1 Å². The Hall–Kier alpha value is -4.04. The monoisotopic (exact) mass is 532 g/mol. The third kappa shape index (κ3) is 5.60. The molecule has 1 heterocycles. The molecular formula is C29H29ClN4O4. The van der Waals surface area contributed by atoms with Crippen molar-refractivity contribution in [1.82, 2.24) is 14.5 Å². The van der Waals surface area contributed by atoms with E-state index in [1.807, 2.05) is 13.0 Å². The zero-order chi connectivity index (χ0) is 27.2. The van der Waals surface area contributed by atoms with Crippen LogP contribution in [-0.2, 0) is 0 Å². The Balaban J connectivity index is 1.90. The maximum atomic E-state index is 13.9. The van der Waals surface area contributed by atoms with Crippen LogP contribution in [0.5, 0.6) is 0 Å². The lowest BCUT2D eigenvalue weighted by molar-refractivity contribution is -0.384. The largest absolute Gasteiger partial charge is 0.328 e. The fraction of sp³-hybridized carbons (Fsp3) is 0.276. The predicted octanol–water partition coefficient (Wildman–Crippen LogP) is 6.73. The molecule has 3 aromatic carbocycles. The van der Waals surface area contributed by atoms with E-state index in [1.54, 1.807) is 47.4 Å². The Bertz CT molecular complexity index is 1520. The first-order valence-electron chi connectivity index (χ1n) is 12.7. The van der Waals surface area contributed by atoms with Crippen LogP contribution in [0.3, 0.4) is 0 Å². The van der Waals surface area contributed by atoms with E-state index >= 15 is 0 Å². The molecular weight excluding hydrogens is 504 g/mol. The summed E-state index contributed by atoms with van der Waals surface area (Å²) in [6.07, 6.45) is 3.15. The van der Waals surface area contributed by atoms with E-state index in [0.29, 0.717) is 46.0 Å². The van der Waals surface area contributed by atoms with Crippen LogP contribution in [0.25, 0.3) is 16.6 Å². The Kier molecular flexibility index (Phi) is 8.53. The summed E-state index contributed by atoms with van der Waals surface area (Å²) in [7, 11) is 0. The predicted molar refractivity (Wildman–Crippen MR) is 149 cm³/mol. The third-order valence-corrected chi connectivity index (χ3v) is 6.75. The van der Waals surface area contributed by atoms with Gasteiger partial charge in [0.25, 0.3) is 17.2 Å². The van der Waals surface area contributed by atoms with Crippen LogP contribution in [0, 0.1) is 10.1 Å². The van der Waals surface area contributed by atoms with Crippen LogP contribution in [0.15, 0.2) is 77.6 Å². The number of benzene rings is 3. The molecule has 38 heavy (non-hydrogen) atoms. The van der Waals surface area contributed by atoms with Gasteiger partial charge < -0.3 is 4.90 Å². The smallest absolute Gasteiger partial charge is 0.269 e. The first-order chi connectivity index (χ1) is 18.3. The summed E-state index contributed by atoms with van der Waals surface area (Å²) in [5, 5.41) is 12.1. The molecule has 1 aromatic heterocycles. The highest BCUT2D eigenvalue weighted by molar-refractivity contribution is 6.30. The van der Waals surface area contributed by atoms with Crippen LogP contribution in [0.2, 0.25) is 5.02 Å². The van der Waals surface area contributed by atoms with E-state index in [1.165, 1.54) is 28.8 Å². The van der Waals surface area contributed by atoms with E-state index in [4.69, 9.17) is 16.6 Å². The van der Waals surface area contributed by atoms with Gasteiger partial charge >= 0.3 is 0 Å². The molecule has 0 saturated heterocycles. The van der Waals surface area contributed by atoms with Crippen molar-refractivity contribution in [1.29, 1.82) is 0 Å². The van der Waals surface area contributed by atoms with Gasteiger partial charge in [0, 0.05) is 29.3 Å². The minimum absolute atomic E-state index is 0.0860. The molecule has 1 unspecified atom stereocenters. The average molecular weight is 533 g/mol. The lowest BCUT2D eigenvalue weighted by Gasteiger charge is -2.32. The van der Waals surface area contributed by atoms with Crippen LogP contribution in [-0.4, -0.2) is 31.8 Å². The summed E-state index contributed by atoms with van der Waals surface area (Å²) < 4.78 is 1.54. The van der Waals surface area contributed by atoms with Crippen molar-refractivity contribution in [2.45, 2.75) is 45.6 Å². The minimum Gasteiger partial charge on any atom is -0.328 e. The average Bonchev–Trinajstić information content (AvgIpc) is 2.92. The van der Waals surface area contributed by atoms with Crippen LogP contribution in [0.1, 0.15) is 61.8 Å². The number of hydrogen-bond donors (Lipinski definition) is 0. The highest BCUT2D eigenvalue weighted by Gasteiger charge is 2.30. The van der Waals surface area contributed by atoms with Gasteiger partial charge in [0.15, 0.2) is 0 Å². The normalized spacial score (nSPS) is 11.9. The summed E-state index contributed by atoms with van der Waals surface area (Å²) in [6, 6.07) is 19.2. The zero-order valence-corrected chi connectivity index (χ0v) is 22.1. The molecule has 8 nitrogen and oxygen atoms in total. The fourth-order valence-corrected chi connectivity index (χ4v) is 4.79. The minimum atomic E-state index is -0.536. The molecule has 0 aliphatic heterocycles. The Morgan fingerprint density at radius 3 is 2.45 bits per heavy atom. The van der Waals surface area contributed by atoms with Gasteiger partial charge in [-0.05, 0) is 55.3 Å². The van der Waals surface area contributed by atoms with Crippen molar-refractivity contribution in [2.75, 3.05) is 6.54 Å². The number of fused-ring (bicyclic) bond motifs is 1. The zero-order valence-electron chi connectivity index (χ0n) is 21.3. The lowest BCUT2D eigenvalue weighted by Crippen LogP contribution is -2.39. The number of nitrogens with zero attached hydrogens (tertiary/aromatic N) is 4. The number of nitro benzene ring substituents is 1. The number of rotatable bonds is 10. The van der Waals surface area contributed by atoms with E-state index < -0.39 is 11.0 Å². The van der Waals surface area contributed by atoms with Crippen molar-refractivity contribution in [2.24, 2.45) is 0 Å². The molecule has 0 radical (unpaired) electrons. The number of hydrogen-bond acceptors (Lipinski definition) is 5. The molecule has 1 amide bonds. The molecule has 0 bridgehead atoms. The van der Waals surface area contributed by atoms with Gasteiger partial charge in [0.1, 0.15) is 5.82 Å². The molecule has 9 heteroatoms. The van der Waals surface area contributed by atoms with E-state index in [2.05, 4.69) is 6.92 Å². The number of halogens is 1. The SMILES string of the molecule is CCCCCN(C(=O)c1ccc([N+](=O)[O-])cc1)C(CC)c1nc2ccccc2c(=O)n1-c1cccc(Cl)c1.